The van der Waals surface area contributed by atoms with Crippen molar-refractivity contribution in [1.82, 2.24) is 4.90 Å². The highest BCUT2D eigenvalue weighted by atomic mass is 19.4. The van der Waals surface area contributed by atoms with Crippen molar-refractivity contribution in [3.63, 3.8) is 0 Å². The second kappa shape index (κ2) is 10.9. The number of esters is 1. The van der Waals surface area contributed by atoms with Crippen molar-refractivity contribution in [3.8, 4) is 0 Å². The van der Waals surface area contributed by atoms with Gasteiger partial charge < -0.3 is 19.1 Å². The van der Waals surface area contributed by atoms with E-state index in [1.165, 1.54) is 7.11 Å². The molecule has 0 aromatic rings. The molecule has 120 valence electrons. The second-order valence-electron chi connectivity index (χ2n) is 4.18. The average Bonchev–Trinajstić information content (AvgIpc) is 2.38. The maximum absolute atomic E-state index is 11.9. The largest absolute Gasteiger partial charge is 0.469 e. The summed E-state index contributed by atoms with van der Waals surface area (Å²) in [5.74, 6) is -0.319. The topological polar surface area (TPSA) is 48.0 Å². The Kier molecular flexibility index (Phi) is 10.4. The molecule has 0 aliphatic heterocycles. The molecule has 5 nitrogen and oxygen atoms in total. The van der Waals surface area contributed by atoms with Crippen LogP contribution in [-0.2, 0) is 19.0 Å². The molecular formula is C12H22F3NO4. The molecule has 8 heteroatoms. The number of hydrogen-bond acceptors (Lipinski definition) is 5. The molecule has 0 N–H and O–H groups in total. The lowest BCUT2D eigenvalue weighted by molar-refractivity contribution is -0.174. The van der Waals surface area contributed by atoms with Gasteiger partial charge in [-0.25, -0.2) is 0 Å². The Balaban J connectivity index is 3.82. The number of carbonyl (C=O) groups excluding carboxylic acids is 1. The molecule has 0 aliphatic carbocycles. The molecule has 0 bridgehead atoms. The summed E-state index contributed by atoms with van der Waals surface area (Å²) in [5, 5.41) is 0. The third-order valence-electron chi connectivity index (χ3n) is 2.50. The molecule has 0 radical (unpaired) electrons. The van der Waals surface area contributed by atoms with Crippen LogP contribution in [0.15, 0.2) is 0 Å². The van der Waals surface area contributed by atoms with Crippen LogP contribution in [0.1, 0.15) is 12.8 Å². The van der Waals surface area contributed by atoms with Crippen molar-refractivity contribution in [3.05, 3.63) is 0 Å². The number of hydrogen-bond donors (Lipinski definition) is 0. The molecule has 0 aliphatic rings. The molecule has 0 fully saturated rings. The predicted octanol–water partition coefficient (Wildman–Crippen LogP) is 1.47. The zero-order chi connectivity index (χ0) is 15.4. The number of ether oxygens (including phenoxy) is 3. The Labute approximate surface area is 117 Å². The van der Waals surface area contributed by atoms with E-state index in [2.05, 4.69) is 9.47 Å². The molecule has 20 heavy (non-hydrogen) atoms. The van der Waals surface area contributed by atoms with Gasteiger partial charge in [0.05, 0.1) is 20.1 Å². The first kappa shape index (κ1) is 19.1. The number of halogens is 3. The Morgan fingerprint density at radius 2 is 1.80 bits per heavy atom. The molecule has 0 unspecified atom stereocenters. The fourth-order valence-corrected chi connectivity index (χ4v) is 1.49. The predicted molar refractivity (Wildman–Crippen MR) is 66.4 cm³/mol. The molecule has 0 saturated heterocycles. The van der Waals surface area contributed by atoms with E-state index in [1.54, 1.807) is 7.11 Å². The van der Waals surface area contributed by atoms with E-state index in [-0.39, 0.29) is 19.0 Å². The van der Waals surface area contributed by atoms with Gasteiger partial charge in [-0.15, -0.1) is 0 Å². The third-order valence-corrected chi connectivity index (χ3v) is 2.50. The van der Waals surface area contributed by atoms with Gasteiger partial charge in [-0.1, -0.05) is 0 Å². The first-order chi connectivity index (χ1) is 9.39. The van der Waals surface area contributed by atoms with E-state index < -0.39 is 12.8 Å². The highest BCUT2D eigenvalue weighted by Gasteiger charge is 2.27. The summed E-state index contributed by atoms with van der Waals surface area (Å²) in [6.45, 7) is 0.916. The van der Waals surface area contributed by atoms with Gasteiger partial charge in [0.2, 0.25) is 0 Å². The summed E-state index contributed by atoms with van der Waals surface area (Å²) in [5.41, 5.74) is 0. The van der Waals surface area contributed by atoms with Crippen molar-refractivity contribution in [2.24, 2.45) is 0 Å². The second-order valence-corrected chi connectivity index (χ2v) is 4.18. The van der Waals surface area contributed by atoms with Gasteiger partial charge in [0.25, 0.3) is 0 Å². The highest BCUT2D eigenvalue weighted by Crippen LogP contribution is 2.14. The molecule has 0 atom stereocenters. The van der Waals surface area contributed by atoms with E-state index in [9.17, 15) is 18.0 Å². The zero-order valence-electron chi connectivity index (χ0n) is 11.9. The Morgan fingerprint density at radius 1 is 1.10 bits per heavy atom. The van der Waals surface area contributed by atoms with Gasteiger partial charge in [0.15, 0.2) is 0 Å². The SMILES string of the molecule is COCCN(CCCOCC(F)(F)F)CCC(=O)OC. The summed E-state index contributed by atoms with van der Waals surface area (Å²) in [6, 6.07) is 0. The van der Waals surface area contributed by atoms with Crippen LogP contribution in [0.5, 0.6) is 0 Å². The molecule has 0 spiro atoms. The van der Waals surface area contributed by atoms with Crippen molar-refractivity contribution < 1.29 is 32.2 Å². The number of rotatable bonds is 11. The van der Waals surface area contributed by atoms with Crippen molar-refractivity contribution in [2.45, 2.75) is 19.0 Å². The molecule has 0 amide bonds. The minimum absolute atomic E-state index is 0.0290. The van der Waals surface area contributed by atoms with E-state index in [4.69, 9.17) is 4.74 Å². The van der Waals surface area contributed by atoms with Gasteiger partial charge in [-0.05, 0) is 6.42 Å². The highest BCUT2D eigenvalue weighted by molar-refractivity contribution is 5.69. The van der Waals surface area contributed by atoms with Crippen LogP contribution in [0.25, 0.3) is 0 Å². The van der Waals surface area contributed by atoms with Crippen molar-refractivity contribution in [1.29, 1.82) is 0 Å². The standard InChI is InChI=1S/C12H22F3NO4/c1-18-9-7-16(6-4-11(17)19-2)5-3-8-20-10-12(13,14)15/h3-10H2,1-2H3. The Hall–Kier alpha value is -0.860. The lowest BCUT2D eigenvalue weighted by Crippen LogP contribution is -2.31. The molecule has 0 saturated carbocycles. The van der Waals surface area contributed by atoms with E-state index >= 15 is 0 Å². The minimum atomic E-state index is -4.29. The monoisotopic (exact) mass is 301 g/mol. The van der Waals surface area contributed by atoms with Crippen LogP contribution in [0.3, 0.4) is 0 Å². The van der Waals surface area contributed by atoms with E-state index in [0.717, 1.165) is 0 Å². The molecule has 0 aromatic carbocycles. The Morgan fingerprint density at radius 3 is 2.35 bits per heavy atom. The fourth-order valence-electron chi connectivity index (χ4n) is 1.49. The average molecular weight is 301 g/mol. The molecule has 0 rings (SSSR count). The van der Waals surface area contributed by atoms with Gasteiger partial charge in [-0.2, -0.15) is 13.2 Å². The lowest BCUT2D eigenvalue weighted by atomic mass is 10.3. The maximum Gasteiger partial charge on any atom is 0.411 e. The first-order valence-corrected chi connectivity index (χ1v) is 6.31. The van der Waals surface area contributed by atoms with Crippen LogP contribution in [-0.4, -0.2) is 70.7 Å². The zero-order valence-corrected chi connectivity index (χ0v) is 11.9. The van der Waals surface area contributed by atoms with Crippen molar-refractivity contribution >= 4 is 5.97 Å². The molecule has 0 aromatic heterocycles. The maximum atomic E-state index is 11.9. The lowest BCUT2D eigenvalue weighted by Gasteiger charge is -2.21. The van der Waals surface area contributed by atoms with Crippen LogP contribution >= 0.6 is 0 Å². The van der Waals surface area contributed by atoms with Crippen molar-refractivity contribution in [2.75, 3.05) is 53.7 Å². The number of carbonyl (C=O) groups is 1. The van der Waals surface area contributed by atoms with Gasteiger partial charge in [0.1, 0.15) is 6.61 Å². The van der Waals surface area contributed by atoms with Crippen LogP contribution in [0.4, 0.5) is 13.2 Å². The van der Waals surface area contributed by atoms with Crippen LogP contribution in [0, 0.1) is 0 Å². The molecule has 0 heterocycles. The fraction of sp³-hybridized carbons (Fsp3) is 0.917. The normalized spacial score (nSPS) is 11.9. The smallest absolute Gasteiger partial charge is 0.411 e. The van der Waals surface area contributed by atoms with Crippen LogP contribution in [0.2, 0.25) is 0 Å². The summed E-state index contributed by atoms with van der Waals surface area (Å²) < 4.78 is 49.6. The van der Waals surface area contributed by atoms with Gasteiger partial charge in [0, 0.05) is 33.4 Å². The summed E-state index contributed by atoms with van der Waals surface area (Å²) in [7, 11) is 2.87. The minimum Gasteiger partial charge on any atom is -0.469 e. The first-order valence-electron chi connectivity index (χ1n) is 6.31. The van der Waals surface area contributed by atoms with Gasteiger partial charge >= 0.3 is 12.1 Å². The summed E-state index contributed by atoms with van der Waals surface area (Å²) in [4.78, 5) is 13.0. The quantitative estimate of drug-likeness (QED) is 0.427. The van der Waals surface area contributed by atoms with E-state index in [0.29, 0.717) is 32.7 Å². The van der Waals surface area contributed by atoms with Gasteiger partial charge in [-0.3, -0.25) is 4.79 Å². The number of alkyl halides is 3. The number of methoxy groups -OCH3 is 2. The summed E-state index contributed by atoms with van der Waals surface area (Å²) in [6.07, 6.45) is -3.59. The summed E-state index contributed by atoms with van der Waals surface area (Å²) >= 11 is 0. The number of nitrogens with zero attached hydrogens (tertiary/aromatic N) is 1. The third kappa shape index (κ3) is 12.2. The Bertz CT molecular complexity index is 262. The molecular weight excluding hydrogens is 279 g/mol. The van der Waals surface area contributed by atoms with E-state index in [1.807, 2.05) is 4.90 Å². The van der Waals surface area contributed by atoms with Crippen LogP contribution < -0.4 is 0 Å².